The summed E-state index contributed by atoms with van der Waals surface area (Å²) in [6.07, 6.45) is 5.36. The first-order chi connectivity index (χ1) is 10.3. The molecule has 1 aromatic rings. The van der Waals surface area contributed by atoms with Gasteiger partial charge in [0.2, 0.25) is 5.24 Å². The highest BCUT2D eigenvalue weighted by atomic mass is 35.5. The number of hydrogen-bond acceptors (Lipinski definition) is 1. The van der Waals surface area contributed by atoms with Gasteiger partial charge in [-0.15, -0.1) is 0 Å². The van der Waals surface area contributed by atoms with Crippen LogP contribution in [0, 0.1) is 11.3 Å². The van der Waals surface area contributed by atoms with Crippen LogP contribution in [-0.2, 0) is 16.6 Å². The van der Waals surface area contributed by atoms with Crippen LogP contribution in [0.5, 0.6) is 0 Å². The Morgan fingerprint density at radius 1 is 1.27 bits per heavy atom. The van der Waals surface area contributed by atoms with Crippen molar-refractivity contribution in [2.24, 2.45) is 11.3 Å². The third-order valence-corrected chi connectivity index (χ3v) is 6.92. The van der Waals surface area contributed by atoms with E-state index in [2.05, 4.69) is 45.9 Å². The van der Waals surface area contributed by atoms with Crippen LogP contribution in [0.15, 0.2) is 18.2 Å². The Balaban J connectivity index is 2.08. The van der Waals surface area contributed by atoms with Crippen LogP contribution in [0.25, 0.3) is 0 Å². The molecule has 0 heterocycles. The van der Waals surface area contributed by atoms with E-state index in [1.165, 1.54) is 23.1 Å². The lowest BCUT2D eigenvalue weighted by molar-refractivity contribution is -0.127. The zero-order valence-electron chi connectivity index (χ0n) is 14.2. The number of rotatable bonds is 2. The van der Waals surface area contributed by atoms with E-state index in [0.717, 1.165) is 25.7 Å². The van der Waals surface area contributed by atoms with E-state index in [1.807, 2.05) is 0 Å². The van der Waals surface area contributed by atoms with Crippen LogP contribution < -0.4 is 0 Å². The summed E-state index contributed by atoms with van der Waals surface area (Å²) in [7, 11) is 0. The van der Waals surface area contributed by atoms with Crippen molar-refractivity contribution in [2.75, 3.05) is 0 Å². The topological polar surface area (TPSA) is 17.1 Å². The average Bonchev–Trinajstić information content (AvgIpc) is 2.46. The molecule has 0 radical (unpaired) electrons. The fourth-order valence-corrected chi connectivity index (χ4v) is 5.33. The molecule has 0 aromatic heterocycles. The van der Waals surface area contributed by atoms with Gasteiger partial charge in [0.05, 0.1) is 0 Å². The molecule has 1 saturated carbocycles. The molecule has 2 aliphatic rings. The van der Waals surface area contributed by atoms with E-state index in [9.17, 15) is 4.79 Å². The first-order valence-corrected chi connectivity index (χ1v) is 9.00. The molecule has 3 rings (SSSR count). The third-order valence-electron chi connectivity index (χ3n) is 6.49. The Bertz CT molecular complexity index is 606. The molecule has 0 aliphatic heterocycles. The van der Waals surface area contributed by atoms with Crippen molar-refractivity contribution in [1.82, 2.24) is 0 Å². The second kappa shape index (κ2) is 5.37. The molecule has 0 spiro atoms. The predicted octanol–water partition coefficient (Wildman–Crippen LogP) is 5.59. The van der Waals surface area contributed by atoms with E-state index < -0.39 is 0 Å². The Hall–Kier alpha value is -0.820. The Morgan fingerprint density at radius 3 is 2.64 bits per heavy atom. The lowest BCUT2D eigenvalue weighted by atomic mass is 9.50. The quantitative estimate of drug-likeness (QED) is 0.650. The molecule has 0 bridgehead atoms. The Labute approximate surface area is 139 Å². The van der Waals surface area contributed by atoms with E-state index in [-0.39, 0.29) is 16.1 Å². The van der Waals surface area contributed by atoms with Gasteiger partial charge in [-0.3, -0.25) is 4.79 Å². The molecule has 22 heavy (non-hydrogen) atoms. The highest BCUT2D eigenvalue weighted by Gasteiger charge is 2.54. The van der Waals surface area contributed by atoms with Crippen molar-refractivity contribution in [3.8, 4) is 0 Å². The Morgan fingerprint density at radius 2 is 2.00 bits per heavy atom. The second-order valence-electron chi connectivity index (χ2n) is 8.12. The van der Waals surface area contributed by atoms with Crippen LogP contribution in [0.1, 0.15) is 76.0 Å². The summed E-state index contributed by atoms with van der Waals surface area (Å²) in [5.41, 5.74) is 4.13. The van der Waals surface area contributed by atoms with Crippen LogP contribution in [0.2, 0.25) is 0 Å². The zero-order chi connectivity index (χ0) is 16.1. The average molecular weight is 319 g/mol. The van der Waals surface area contributed by atoms with E-state index >= 15 is 0 Å². The van der Waals surface area contributed by atoms with Crippen LogP contribution in [-0.4, -0.2) is 5.24 Å². The maximum atomic E-state index is 12.1. The largest absolute Gasteiger partial charge is 0.281 e. The highest BCUT2D eigenvalue weighted by Crippen LogP contribution is 2.58. The van der Waals surface area contributed by atoms with Gasteiger partial charge in [0, 0.05) is 5.41 Å². The van der Waals surface area contributed by atoms with E-state index in [1.54, 1.807) is 0 Å². The van der Waals surface area contributed by atoms with Gasteiger partial charge in [-0.2, -0.15) is 0 Å². The van der Waals surface area contributed by atoms with Gasteiger partial charge in [-0.05, 0) is 71.2 Å². The number of aryl methyl sites for hydroxylation is 1. The summed E-state index contributed by atoms with van der Waals surface area (Å²) >= 11 is 6.03. The van der Waals surface area contributed by atoms with Gasteiger partial charge in [-0.1, -0.05) is 52.3 Å². The third kappa shape index (κ3) is 2.24. The molecule has 0 saturated heterocycles. The second-order valence-corrected chi connectivity index (χ2v) is 8.47. The number of carbonyl (C=O) groups is 1. The van der Waals surface area contributed by atoms with E-state index in [4.69, 9.17) is 11.6 Å². The number of benzene rings is 1. The molecule has 120 valence electrons. The molecule has 3 atom stereocenters. The fourth-order valence-electron chi connectivity index (χ4n) is 5.11. The molecule has 1 nitrogen and oxygen atoms in total. The van der Waals surface area contributed by atoms with E-state index in [0.29, 0.717) is 11.8 Å². The number of halogens is 1. The molecule has 1 unspecified atom stereocenters. The molecule has 1 fully saturated rings. The summed E-state index contributed by atoms with van der Waals surface area (Å²) in [6.45, 7) is 8.96. The highest BCUT2D eigenvalue weighted by molar-refractivity contribution is 6.64. The van der Waals surface area contributed by atoms with Crippen LogP contribution in [0.4, 0.5) is 0 Å². The minimum atomic E-state index is -0.358. The van der Waals surface area contributed by atoms with Gasteiger partial charge < -0.3 is 0 Å². The maximum absolute atomic E-state index is 12.1. The summed E-state index contributed by atoms with van der Waals surface area (Å²) in [5.74, 6) is 0.938. The number of fused-ring (bicyclic) bond motifs is 3. The number of carbonyl (C=O) groups excluding carboxylic acids is 1. The lowest BCUT2D eigenvalue weighted by Crippen LogP contribution is -2.51. The molecule has 2 aliphatic carbocycles. The molecular weight excluding hydrogens is 292 g/mol. The molecule has 0 N–H and O–H groups in total. The summed E-state index contributed by atoms with van der Waals surface area (Å²) in [6, 6.07) is 7.02. The molecule has 1 aromatic carbocycles. The van der Waals surface area contributed by atoms with Crippen molar-refractivity contribution < 1.29 is 4.79 Å². The van der Waals surface area contributed by atoms with Gasteiger partial charge >= 0.3 is 0 Å². The van der Waals surface area contributed by atoms with Crippen molar-refractivity contribution in [3.63, 3.8) is 0 Å². The molecule has 2 heteroatoms. The zero-order valence-corrected chi connectivity index (χ0v) is 15.0. The SMILES string of the molecule is CC(C)c1ccc2c(c1)CCC1[C@](C)(C(=O)Cl)CCC[C@]21C. The normalized spacial score (nSPS) is 34.2. The first kappa shape index (κ1) is 16.1. The van der Waals surface area contributed by atoms with Gasteiger partial charge in [0.25, 0.3) is 0 Å². The summed E-state index contributed by atoms with van der Waals surface area (Å²) in [5, 5.41) is -0.134. The molecule has 0 amide bonds. The lowest BCUT2D eigenvalue weighted by Gasteiger charge is -2.54. The van der Waals surface area contributed by atoms with Crippen LogP contribution >= 0.6 is 11.6 Å². The van der Waals surface area contributed by atoms with Gasteiger partial charge in [0.1, 0.15) is 0 Å². The van der Waals surface area contributed by atoms with Crippen molar-refractivity contribution >= 4 is 16.8 Å². The van der Waals surface area contributed by atoms with Crippen LogP contribution in [0.3, 0.4) is 0 Å². The summed E-state index contributed by atoms with van der Waals surface area (Å²) in [4.78, 5) is 12.1. The monoisotopic (exact) mass is 318 g/mol. The molecular formula is C20H27ClO. The van der Waals surface area contributed by atoms with Crippen molar-refractivity contribution in [1.29, 1.82) is 0 Å². The number of hydrogen-bond donors (Lipinski definition) is 0. The minimum Gasteiger partial charge on any atom is -0.281 e. The maximum Gasteiger partial charge on any atom is 0.227 e. The van der Waals surface area contributed by atoms with Gasteiger partial charge in [0.15, 0.2) is 0 Å². The predicted molar refractivity (Wildman–Crippen MR) is 92.5 cm³/mol. The minimum absolute atomic E-state index is 0.0979. The summed E-state index contributed by atoms with van der Waals surface area (Å²) < 4.78 is 0. The fraction of sp³-hybridized carbons (Fsp3) is 0.650. The standard InChI is InChI=1S/C20H27ClO/c1-13(2)14-6-8-16-15(12-14)7-9-17-19(16,3)10-5-11-20(17,4)18(21)22/h6,8,12-13,17H,5,7,9-11H2,1-4H3/t17?,19-,20-/m1/s1. The van der Waals surface area contributed by atoms with Crippen molar-refractivity contribution in [3.05, 3.63) is 34.9 Å². The Kier molecular flexibility index (Phi) is 3.92. The first-order valence-electron chi connectivity index (χ1n) is 8.62. The van der Waals surface area contributed by atoms with Crippen molar-refractivity contribution in [2.45, 2.75) is 71.1 Å². The smallest absolute Gasteiger partial charge is 0.227 e. The van der Waals surface area contributed by atoms with Gasteiger partial charge in [-0.25, -0.2) is 0 Å².